The maximum Gasteiger partial charge on any atom is 0.0697 e. The SMILES string of the molecule is CCCCc1cc2ccccc2n1N1CCN(C2CCCCC2)CC1. The number of hydrogen-bond donors (Lipinski definition) is 0. The molecule has 1 saturated heterocycles. The maximum absolute atomic E-state index is 2.77. The quantitative estimate of drug-likeness (QED) is 0.790. The number of aryl methyl sites for hydroxylation is 1. The standard InChI is InChI=1S/C22H33N3/c1-2-3-10-21-18-19-9-7-8-13-22(19)25(21)24-16-14-23(15-17-24)20-11-5-4-6-12-20/h7-9,13,18,20H,2-6,10-12,14-17H2,1H3. The molecule has 136 valence electrons. The predicted octanol–water partition coefficient (Wildman–Crippen LogP) is 4.57. The van der Waals surface area contributed by atoms with Gasteiger partial charge in [0.05, 0.1) is 5.52 Å². The van der Waals surface area contributed by atoms with Gasteiger partial charge in [-0.1, -0.05) is 50.8 Å². The van der Waals surface area contributed by atoms with Gasteiger partial charge in [0.25, 0.3) is 0 Å². The van der Waals surface area contributed by atoms with E-state index in [1.807, 2.05) is 0 Å². The molecule has 0 bridgehead atoms. The number of rotatable bonds is 5. The second-order valence-corrected chi connectivity index (χ2v) is 7.89. The molecule has 2 fully saturated rings. The van der Waals surface area contributed by atoms with Gasteiger partial charge in [-0.15, -0.1) is 0 Å². The topological polar surface area (TPSA) is 11.4 Å². The summed E-state index contributed by atoms with van der Waals surface area (Å²) in [6, 6.07) is 12.2. The first kappa shape index (κ1) is 17.0. The molecule has 2 aliphatic rings. The molecule has 0 unspecified atom stereocenters. The smallest absolute Gasteiger partial charge is 0.0697 e. The number of unbranched alkanes of at least 4 members (excludes halogenated alkanes) is 1. The summed E-state index contributed by atoms with van der Waals surface area (Å²) in [6.45, 7) is 7.06. The second kappa shape index (κ2) is 7.82. The molecule has 2 heterocycles. The minimum atomic E-state index is 0.858. The van der Waals surface area contributed by atoms with Crippen molar-refractivity contribution in [1.29, 1.82) is 0 Å². The molecule has 0 amide bonds. The third-order valence-electron chi connectivity index (χ3n) is 6.21. The van der Waals surface area contributed by atoms with Crippen molar-refractivity contribution in [2.45, 2.75) is 64.3 Å². The van der Waals surface area contributed by atoms with Crippen LogP contribution in [0.3, 0.4) is 0 Å². The highest BCUT2D eigenvalue weighted by Crippen LogP contribution is 2.25. The Kier molecular flexibility index (Phi) is 5.30. The molecule has 1 aliphatic heterocycles. The van der Waals surface area contributed by atoms with Gasteiger partial charge in [-0.25, -0.2) is 0 Å². The minimum absolute atomic E-state index is 0.858. The average molecular weight is 340 g/mol. The molecule has 3 heteroatoms. The van der Waals surface area contributed by atoms with Gasteiger partial charge in [-0.3, -0.25) is 9.58 Å². The second-order valence-electron chi connectivity index (χ2n) is 7.89. The predicted molar refractivity (Wildman–Crippen MR) is 107 cm³/mol. The van der Waals surface area contributed by atoms with E-state index in [1.54, 1.807) is 0 Å². The van der Waals surface area contributed by atoms with E-state index in [9.17, 15) is 0 Å². The normalized spacial score (nSPS) is 20.4. The first-order chi connectivity index (χ1) is 12.4. The van der Waals surface area contributed by atoms with E-state index >= 15 is 0 Å². The van der Waals surface area contributed by atoms with Crippen molar-refractivity contribution >= 4 is 10.9 Å². The summed E-state index contributed by atoms with van der Waals surface area (Å²) in [7, 11) is 0. The lowest BCUT2D eigenvalue weighted by molar-refractivity contribution is 0.140. The number of benzene rings is 1. The van der Waals surface area contributed by atoms with Crippen LogP contribution in [0, 0.1) is 0 Å². The minimum Gasteiger partial charge on any atom is -0.310 e. The molecule has 3 nitrogen and oxygen atoms in total. The van der Waals surface area contributed by atoms with Crippen LogP contribution in [0.2, 0.25) is 0 Å². The first-order valence-electron chi connectivity index (χ1n) is 10.5. The van der Waals surface area contributed by atoms with Crippen LogP contribution in [0.4, 0.5) is 0 Å². The zero-order valence-electron chi connectivity index (χ0n) is 15.8. The van der Waals surface area contributed by atoms with E-state index in [0.717, 1.165) is 19.1 Å². The Hall–Kier alpha value is -1.48. The van der Waals surface area contributed by atoms with E-state index in [2.05, 4.69) is 51.8 Å². The van der Waals surface area contributed by atoms with Gasteiger partial charge in [0, 0.05) is 43.3 Å². The summed E-state index contributed by atoms with van der Waals surface area (Å²) in [5.74, 6) is 0. The lowest BCUT2D eigenvalue weighted by atomic mass is 9.94. The highest BCUT2D eigenvalue weighted by molar-refractivity contribution is 5.81. The number of hydrogen-bond acceptors (Lipinski definition) is 2. The molecule has 4 rings (SSSR count). The van der Waals surface area contributed by atoms with Crippen LogP contribution in [0.25, 0.3) is 10.9 Å². The third-order valence-corrected chi connectivity index (χ3v) is 6.21. The van der Waals surface area contributed by atoms with Crippen molar-refractivity contribution in [3.8, 4) is 0 Å². The number of nitrogens with zero attached hydrogens (tertiary/aromatic N) is 3. The van der Waals surface area contributed by atoms with Crippen molar-refractivity contribution in [1.82, 2.24) is 9.58 Å². The molecule has 1 aromatic carbocycles. The lowest BCUT2D eigenvalue weighted by Gasteiger charge is -2.42. The number of para-hydroxylation sites is 1. The van der Waals surface area contributed by atoms with Gasteiger partial charge in [-0.05, 0) is 37.8 Å². The average Bonchev–Trinajstić information content (AvgIpc) is 3.05. The Balaban J connectivity index is 1.51. The van der Waals surface area contributed by atoms with Crippen molar-refractivity contribution < 1.29 is 0 Å². The van der Waals surface area contributed by atoms with Crippen LogP contribution in [-0.4, -0.2) is 41.8 Å². The highest BCUT2D eigenvalue weighted by atomic mass is 15.6. The van der Waals surface area contributed by atoms with Gasteiger partial charge in [0.15, 0.2) is 0 Å². The van der Waals surface area contributed by atoms with Crippen LogP contribution in [0.15, 0.2) is 30.3 Å². The van der Waals surface area contributed by atoms with Gasteiger partial charge >= 0.3 is 0 Å². The fraction of sp³-hybridized carbons (Fsp3) is 0.636. The molecule has 1 aromatic heterocycles. The number of piperazine rings is 1. The largest absolute Gasteiger partial charge is 0.310 e. The van der Waals surface area contributed by atoms with Crippen LogP contribution in [-0.2, 0) is 6.42 Å². The fourth-order valence-electron chi connectivity index (χ4n) is 4.79. The Morgan fingerprint density at radius 3 is 2.48 bits per heavy atom. The van der Waals surface area contributed by atoms with Crippen LogP contribution < -0.4 is 5.01 Å². The summed E-state index contributed by atoms with van der Waals surface area (Å²) in [6.07, 6.45) is 10.9. The Labute approximate surface area is 152 Å². The molecule has 0 radical (unpaired) electrons. The van der Waals surface area contributed by atoms with E-state index < -0.39 is 0 Å². The van der Waals surface area contributed by atoms with Crippen LogP contribution in [0.1, 0.15) is 57.6 Å². The summed E-state index contributed by atoms with van der Waals surface area (Å²) < 4.78 is 2.54. The lowest BCUT2D eigenvalue weighted by Crippen LogP contribution is -2.54. The van der Waals surface area contributed by atoms with Gasteiger partial charge in [0.2, 0.25) is 0 Å². The number of fused-ring (bicyclic) bond motifs is 1. The molecule has 1 aliphatic carbocycles. The molecule has 0 spiro atoms. The molecule has 25 heavy (non-hydrogen) atoms. The van der Waals surface area contributed by atoms with Crippen molar-refractivity contribution in [3.05, 3.63) is 36.0 Å². The van der Waals surface area contributed by atoms with Gasteiger partial charge in [0.1, 0.15) is 0 Å². The van der Waals surface area contributed by atoms with Crippen molar-refractivity contribution in [2.75, 3.05) is 31.2 Å². The van der Waals surface area contributed by atoms with Gasteiger partial charge < -0.3 is 5.01 Å². The molecule has 1 saturated carbocycles. The van der Waals surface area contributed by atoms with Crippen molar-refractivity contribution in [3.63, 3.8) is 0 Å². The Morgan fingerprint density at radius 2 is 1.72 bits per heavy atom. The van der Waals surface area contributed by atoms with Crippen LogP contribution in [0.5, 0.6) is 0 Å². The summed E-state index contributed by atoms with van der Waals surface area (Å²) >= 11 is 0. The molecular formula is C22H33N3. The van der Waals surface area contributed by atoms with Crippen molar-refractivity contribution in [2.24, 2.45) is 0 Å². The van der Waals surface area contributed by atoms with E-state index in [4.69, 9.17) is 0 Å². The van der Waals surface area contributed by atoms with E-state index in [1.165, 1.54) is 81.1 Å². The van der Waals surface area contributed by atoms with E-state index in [0.29, 0.717) is 0 Å². The molecule has 0 N–H and O–H groups in total. The molecule has 2 aromatic rings. The highest BCUT2D eigenvalue weighted by Gasteiger charge is 2.26. The number of aromatic nitrogens is 1. The third kappa shape index (κ3) is 3.57. The first-order valence-corrected chi connectivity index (χ1v) is 10.5. The van der Waals surface area contributed by atoms with Gasteiger partial charge in [-0.2, -0.15) is 0 Å². The zero-order valence-corrected chi connectivity index (χ0v) is 15.8. The van der Waals surface area contributed by atoms with E-state index in [-0.39, 0.29) is 0 Å². The summed E-state index contributed by atoms with van der Waals surface area (Å²) in [4.78, 5) is 2.77. The zero-order chi connectivity index (χ0) is 17.1. The van der Waals surface area contributed by atoms with Crippen LogP contribution >= 0.6 is 0 Å². The molecular weight excluding hydrogens is 306 g/mol. The monoisotopic (exact) mass is 339 g/mol. The fourth-order valence-corrected chi connectivity index (χ4v) is 4.79. The summed E-state index contributed by atoms with van der Waals surface area (Å²) in [5, 5.41) is 4.00. The maximum atomic E-state index is 2.77. The molecule has 0 atom stereocenters. The Bertz CT molecular complexity index is 676. The summed E-state index contributed by atoms with van der Waals surface area (Å²) in [5.41, 5.74) is 2.88. The Morgan fingerprint density at radius 1 is 0.960 bits per heavy atom.